The van der Waals surface area contributed by atoms with E-state index in [0.717, 1.165) is 33.1 Å². The molecule has 0 fully saturated rings. The van der Waals surface area contributed by atoms with E-state index in [2.05, 4.69) is 83.4 Å². The molecule has 0 saturated heterocycles. The first-order chi connectivity index (χ1) is 17.7. The minimum absolute atomic E-state index is 0.606. The van der Waals surface area contributed by atoms with E-state index in [4.69, 9.17) is 0 Å². The van der Waals surface area contributed by atoms with Crippen molar-refractivity contribution in [2.45, 2.75) is 0 Å². The van der Waals surface area contributed by atoms with E-state index in [1.54, 1.807) is 0 Å². The summed E-state index contributed by atoms with van der Waals surface area (Å²) in [5.74, 6) is 0. The molecule has 4 heteroatoms. The fourth-order valence-corrected chi connectivity index (χ4v) is 6.47. The van der Waals surface area contributed by atoms with Crippen molar-refractivity contribution in [2.75, 3.05) is 0 Å². The third kappa shape index (κ3) is 2.96. The Balaban J connectivity index is 1.50. The molecule has 7 rings (SSSR count). The van der Waals surface area contributed by atoms with Gasteiger partial charge in [-0.05, 0) is 65.7 Å². The molecular weight excluding hydrogens is 458 g/mol. The Morgan fingerprint density at radius 3 is 1.97 bits per heavy atom. The van der Waals surface area contributed by atoms with Crippen LogP contribution in [0.2, 0.25) is 0 Å². The number of hydrogen-bond acceptors (Lipinski definition) is 3. The van der Waals surface area contributed by atoms with Crippen molar-refractivity contribution < 1.29 is 0 Å². The Hall–Kier alpha value is -4.90. The number of rotatable bonds is 2. The number of nitrogens with zero attached hydrogens (tertiary/aromatic N) is 3. The van der Waals surface area contributed by atoms with E-state index in [1.165, 1.54) is 25.7 Å². The average molecular weight is 476 g/mol. The topological polar surface area (TPSA) is 52.5 Å². The van der Waals surface area contributed by atoms with Gasteiger partial charge in [0.25, 0.3) is 0 Å². The summed E-state index contributed by atoms with van der Waals surface area (Å²) >= 11 is 1.83. The van der Waals surface area contributed by atoms with Crippen molar-refractivity contribution in [1.29, 1.82) is 10.5 Å². The van der Waals surface area contributed by atoms with Gasteiger partial charge in [0.05, 0.1) is 34.3 Å². The summed E-state index contributed by atoms with van der Waals surface area (Å²) in [7, 11) is 0. The second-order valence-electron chi connectivity index (χ2n) is 8.85. The second-order valence-corrected chi connectivity index (χ2v) is 9.91. The summed E-state index contributed by atoms with van der Waals surface area (Å²) in [6.45, 7) is 0. The van der Waals surface area contributed by atoms with Crippen LogP contribution in [-0.4, -0.2) is 4.57 Å². The normalized spacial score (nSPS) is 11.3. The third-order valence-electron chi connectivity index (χ3n) is 6.84. The van der Waals surface area contributed by atoms with Crippen molar-refractivity contribution in [1.82, 2.24) is 4.57 Å². The minimum Gasteiger partial charge on any atom is -0.309 e. The van der Waals surface area contributed by atoms with Crippen LogP contribution in [0, 0.1) is 22.7 Å². The minimum atomic E-state index is 0.606. The number of benzene rings is 5. The standard InChI is InChI=1S/C32H17N3S/c33-18-20-11-13-29-27(15-20)28-16-21(19-34)12-14-30(28)35(29)23-6-3-5-22(17-23)24-8-4-9-26-25-7-1-2-10-31(25)36-32(24)26/h1-17H. The van der Waals surface area contributed by atoms with Gasteiger partial charge in [-0.25, -0.2) is 0 Å². The first-order valence-electron chi connectivity index (χ1n) is 11.6. The monoisotopic (exact) mass is 475 g/mol. The number of aromatic nitrogens is 1. The highest BCUT2D eigenvalue weighted by atomic mass is 32.1. The van der Waals surface area contributed by atoms with Crippen molar-refractivity contribution in [3.8, 4) is 29.0 Å². The van der Waals surface area contributed by atoms with Crippen LogP contribution < -0.4 is 0 Å². The summed E-state index contributed by atoms with van der Waals surface area (Å²) in [4.78, 5) is 0. The van der Waals surface area contributed by atoms with Gasteiger partial charge in [0.15, 0.2) is 0 Å². The molecule has 2 aromatic heterocycles. The number of nitriles is 2. The molecule has 0 aliphatic heterocycles. The first-order valence-corrected chi connectivity index (χ1v) is 12.5. The molecular formula is C32H17N3S. The number of fused-ring (bicyclic) bond motifs is 6. The Morgan fingerprint density at radius 2 is 1.25 bits per heavy atom. The van der Waals surface area contributed by atoms with Gasteiger partial charge in [-0.15, -0.1) is 11.3 Å². The predicted molar refractivity (Wildman–Crippen MR) is 149 cm³/mol. The molecule has 0 bridgehead atoms. The Kier molecular flexibility index (Phi) is 4.45. The van der Waals surface area contributed by atoms with Crippen LogP contribution in [0.15, 0.2) is 103 Å². The fourth-order valence-electron chi connectivity index (χ4n) is 5.23. The molecule has 0 amide bonds. The average Bonchev–Trinajstić information content (AvgIpc) is 3.48. The zero-order valence-electron chi connectivity index (χ0n) is 19.1. The van der Waals surface area contributed by atoms with E-state index in [0.29, 0.717) is 11.1 Å². The second kappa shape index (κ2) is 7.82. The zero-order chi connectivity index (χ0) is 24.2. The predicted octanol–water partition coefficient (Wildman–Crippen LogP) is 8.56. The molecule has 0 radical (unpaired) electrons. The summed E-state index contributed by atoms with van der Waals surface area (Å²) < 4.78 is 4.80. The van der Waals surface area contributed by atoms with E-state index in [1.807, 2.05) is 47.7 Å². The number of thiophene rings is 1. The molecule has 0 saturated carbocycles. The molecule has 3 nitrogen and oxygen atoms in total. The van der Waals surface area contributed by atoms with E-state index < -0.39 is 0 Å². The highest BCUT2D eigenvalue weighted by Gasteiger charge is 2.15. The Morgan fingerprint density at radius 1 is 0.583 bits per heavy atom. The summed E-state index contributed by atoms with van der Waals surface area (Å²) in [5, 5.41) is 23.5. The molecule has 2 heterocycles. The van der Waals surface area contributed by atoms with Crippen LogP contribution in [0.25, 0.3) is 58.8 Å². The summed E-state index contributed by atoms with van der Waals surface area (Å²) in [5.41, 5.74) is 6.65. The van der Waals surface area contributed by atoms with Crippen molar-refractivity contribution >= 4 is 53.3 Å². The van der Waals surface area contributed by atoms with Gasteiger partial charge in [-0.1, -0.05) is 48.5 Å². The van der Waals surface area contributed by atoms with E-state index in [9.17, 15) is 10.5 Å². The SMILES string of the molecule is N#Cc1ccc2c(c1)c1cc(C#N)ccc1n2-c1cccc(-c2cccc3c2sc2ccccc23)c1. The molecule has 36 heavy (non-hydrogen) atoms. The lowest BCUT2D eigenvalue weighted by molar-refractivity contribution is 1.18. The van der Waals surface area contributed by atoms with Gasteiger partial charge in [-0.2, -0.15) is 10.5 Å². The third-order valence-corrected chi connectivity index (χ3v) is 8.06. The van der Waals surface area contributed by atoms with Gasteiger partial charge >= 0.3 is 0 Å². The Labute approximate surface area is 211 Å². The first kappa shape index (κ1) is 20.5. The van der Waals surface area contributed by atoms with Crippen molar-refractivity contribution in [3.63, 3.8) is 0 Å². The lowest BCUT2D eigenvalue weighted by atomic mass is 10.0. The lowest BCUT2D eigenvalue weighted by Gasteiger charge is -2.11. The van der Waals surface area contributed by atoms with E-state index in [-0.39, 0.29) is 0 Å². The molecule has 7 aromatic rings. The summed E-state index contributed by atoms with van der Waals surface area (Å²) in [6.07, 6.45) is 0. The zero-order valence-corrected chi connectivity index (χ0v) is 19.9. The molecule has 0 aliphatic rings. The maximum absolute atomic E-state index is 9.49. The van der Waals surface area contributed by atoms with Gasteiger partial charge in [0, 0.05) is 36.6 Å². The van der Waals surface area contributed by atoms with Crippen LogP contribution in [0.5, 0.6) is 0 Å². The molecule has 5 aromatic carbocycles. The molecule has 0 unspecified atom stereocenters. The van der Waals surface area contributed by atoms with Gasteiger partial charge in [-0.3, -0.25) is 0 Å². The highest BCUT2D eigenvalue weighted by Crippen LogP contribution is 2.41. The van der Waals surface area contributed by atoms with Crippen LogP contribution in [0.1, 0.15) is 11.1 Å². The molecule has 166 valence electrons. The highest BCUT2D eigenvalue weighted by molar-refractivity contribution is 7.26. The number of hydrogen-bond donors (Lipinski definition) is 0. The summed E-state index contributed by atoms with van der Waals surface area (Å²) in [6, 6.07) is 39.7. The molecule has 0 aliphatic carbocycles. The maximum Gasteiger partial charge on any atom is 0.0991 e. The Bertz CT molecular complexity index is 2010. The lowest BCUT2D eigenvalue weighted by Crippen LogP contribution is -1.94. The van der Waals surface area contributed by atoms with Crippen LogP contribution >= 0.6 is 11.3 Å². The maximum atomic E-state index is 9.49. The fraction of sp³-hybridized carbons (Fsp3) is 0. The van der Waals surface area contributed by atoms with Gasteiger partial charge in [0.2, 0.25) is 0 Å². The van der Waals surface area contributed by atoms with Crippen molar-refractivity contribution in [2.24, 2.45) is 0 Å². The molecule has 0 spiro atoms. The van der Waals surface area contributed by atoms with Gasteiger partial charge in [0.1, 0.15) is 0 Å². The van der Waals surface area contributed by atoms with Crippen molar-refractivity contribution in [3.05, 3.63) is 114 Å². The molecule has 0 atom stereocenters. The van der Waals surface area contributed by atoms with Gasteiger partial charge < -0.3 is 4.57 Å². The van der Waals surface area contributed by atoms with E-state index >= 15 is 0 Å². The largest absolute Gasteiger partial charge is 0.309 e. The van der Waals surface area contributed by atoms with Crippen LogP contribution in [0.3, 0.4) is 0 Å². The molecule has 0 N–H and O–H groups in total. The smallest absolute Gasteiger partial charge is 0.0991 e. The van der Waals surface area contributed by atoms with Crippen LogP contribution in [-0.2, 0) is 0 Å². The van der Waals surface area contributed by atoms with Crippen LogP contribution in [0.4, 0.5) is 0 Å². The quantitative estimate of drug-likeness (QED) is 0.251.